The molecule has 4 rings (SSSR count). The van der Waals surface area contributed by atoms with E-state index in [1.165, 1.54) is 11.3 Å². The minimum absolute atomic E-state index is 0.149. The molecule has 0 spiro atoms. The standard InChI is InChI=1S/C19H11Cl2N3O3S/c20-13-6-4-11(5-7-13)17-23-16(27-24-17)9-26-19(25)15-10-28-18(22-15)12-2-1-3-14(21)8-12/h1-8,10H,9H2. The second-order valence-corrected chi connectivity index (χ2v) is 7.37. The van der Waals surface area contributed by atoms with E-state index in [0.717, 1.165) is 11.1 Å². The molecule has 28 heavy (non-hydrogen) atoms. The number of rotatable bonds is 5. The molecule has 0 radical (unpaired) electrons. The number of benzene rings is 2. The lowest BCUT2D eigenvalue weighted by atomic mass is 10.2. The number of nitrogens with zero attached hydrogens (tertiary/aromatic N) is 3. The molecular weight excluding hydrogens is 421 g/mol. The molecule has 4 aromatic rings. The molecule has 2 aromatic heterocycles. The van der Waals surface area contributed by atoms with Gasteiger partial charge in [-0.1, -0.05) is 40.5 Å². The molecule has 2 heterocycles. The fourth-order valence-electron chi connectivity index (χ4n) is 2.35. The summed E-state index contributed by atoms with van der Waals surface area (Å²) in [6, 6.07) is 14.3. The van der Waals surface area contributed by atoms with Gasteiger partial charge in [0.2, 0.25) is 5.82 Å². The first-order valence-electron chi connectivity index (χ1n) is 8.05. The van der Waals surface area contributed by atoms with Crippen molar-refractivity contribution in [2.75, 3.05) is 0 Å². The van der Waals surface area contributed by atoms with E-state index >= 15 is 0 Å². The van der Waals surface area contributed by atoms with Crippen molar-refractivity contribution in [2.24, 2.45) is 0 Å². The summed E-state index contributed by atoms with van der Waals surface area (Å²) in [5, 5.41) is 7.40. The van der Waals surface area contributed by atoms with E-state index in [4.69, 9.17) is 32.5 Å². The monoisotopic (exact) mass is 431 g/mol. The summed E-state index contributed by atoms with van der Waals surface area (Å²) in [5.41, 5.74) is 1.79. The van der Waals surface area contributed by atoms with E-state index in [-0.39, 0.29) is 18.2 Å². The summed E-state index contributed by atoms with van der Waals surface area (Å²) in [6.07, 6.45) is 0. The summed E-state index contributed by atoms with van der Waals surface area (Å²) in [7, 11) is 0. The van der Waals surface area contributed by atoms with Crippen molar-refractivity contribution in [3.63, 3.8) is 0 Å². The Labute approximate surface area is 173 Å². The first kappa shape index (κ1) is 18.6. The molecule has 6 nitrogen and oxygen atoms in total. The number of aromatic nitrogens is 3. The normalized spacial score (nSPS) is 10.8. The van der Waals surface area contributed by atoms with E-state index in [1.54, 1.807) is 41.8 Å². The van der Waals surface area contributed by atoms with Crippen molar-refractivity contribution in [3.05, 3.63) is 75.5 Å². The van der Waals surface area contributed by atoms with Crippen LogP contribution in [0.1, 0.15) is 16.4 Å². The van der Waals surface area contributed by atoms with Crippen molar-refractivity contribution >= 4 is 40.5 Å². The molecule has 0 aliphatic rings. The molecule has 0 aliphatic heterocycles. The molecular formula is C19H11Cl2N3O3S. The third-order valence-corrected chi connectivity index (χ3v) is 5.06. The van der Waals surface area contributed by atoms with Crippen LogP contribution in [-0.2, 0) is 11.3 Å². The Balaban J connectivity index is 1.40. The van der Waals surface area contributed by atoms with Crippen molar-refractivity contribution in [1.82, 2.24) is 15.1 Å². The van der Waals surface area contributed by atoms with Crippen LogP contribution in [-0.4, -0.2) is 21.1 Å². The van der Waals surface area contributed by atoms with Gasteiger partial charge in [0.15, 0.2) is 12.3 Å². The predicted octanol–water partition coefficient (Wildman–Crippen LogP) is 5.52. The Morgan fingerprint density at radius 1 is 1.04 bits per heavy atom. The van der Waals surface area contributed by atoms with Crippen molar-refractivity contribution in [3.8, 4) is 22.0 Å². The van der Waals surface area contributed by atoms with E-state index in [1.807, 2.05) is 12.1 Å². The van der Waals surface area contributed by atoms with E-state index < -0.39 is 5.97 Å². The molecule has 0 saturated heterocycles. The van der Waals surface area contributed by atoms with Crippen LogP contribution in [0.3, 0.4) is 0 Å². The molecule has 0 atom stereocenters. The van der Waals surface area contributed by atoms with Crippen molar-refractivity contribution in [1.29, 1.82) is 0 Å². The van der Waals surface area contributed by atoms with Gasteiger partial charge >= 0.3 is 5.97 Å². The molecule has 2 aromatic carbocycles. The largest absolute Gasteiger partial charge is 0.451 e. The van der Waals surface area contributed by atoms with E-state index in [9.17, 15) is 4.79 Å². The van der Waals surface area contributed by atoms with Gasteiger partial charge in [-0.25, -0.2) is 9.78 Å². The lowest BCUT2D eigenvalue weighted by Gasteiger charge is -1.99. The van der Waals surface area contributed by atoms with Crippen LogP contribution in [0.4, 0.5) is 0 Å². The predicted molar refractivity (Wildman–Crippen MR) is 106 cm³/mol. The summed E-state index contributed by atoms with van der Waals surface area (Å²) in [5.74, 6) is -0.000943. The summed E-state index contributed by atoms with van der Waals surface area (Å²) in [4.78, 5) is 20.7. The Kier molecular flexibility index (Phi) is 5.38. The highest BCUT2D eigenvalue weighted by Gasteiger charge is 2.16. The number of carbonyl (C=O) groups excluding carboxylic acids is 1. The van der Waals surface area contributed by atoms with Crippen LogP contribution in [0.25, 0.3) is 22.0 Å². The maximum absolute atomic E-state index is 12.2. The lowest BCUT2D eigenvalue weighted by molar-refractivity contribution is 0.0424. The second kappa shape index (κ2) is 8.10. The smallest absolute Gasteiger partial charge is 0.358 e. The highest BCUT2D eigenvalue weighted by atomic mass is 35.5. The fourth-order valence-corrected chi connectivity index (χ4v) is 3.46. The van der Waals surface area contributed by atoms with Crippen molar-refractivity contribution < 1.29 is 14.1 Å². The number of carbonyl (C=O) groups is 1. The average molecular weight is 432 g/mol. The van der Waals surface area contributed by atoms with Gasteiger partial charge in [-0.3, -0.25) is 0 Å². The Morgan fingerprint density at radius 2 is 1.86 bits per heavy atom. The maximum atomic E-state index is 12.2. The Morgan fingerprint density at radius 3 is 2.64 bits per heavy atom. The second-order valence-electron chi connectivity index (χ2n) is 5.64. The molecule has 0 aliphatic carbocycles. The van der Waals surface area contributed by atoms with Gasteiger partial charge in [0.25, 0.3) is 5.89 Å². The summed E-state index contributed by atoms with van der Waals surface area (Å²) >= 11 is 13.2. The molecule has 0 saturated carbocycles. The van der Waals surface area contributed by atoms with Gasteiger partial charge in [0.05, 0.1) is 0 Å². The van der Waals surface area contributed by atoms with Crippen molar-refractivity contribution in [2.45, 2.75) is 6.61 Å². The molecule has 0 bridgehead atoms. The summed E-state index contributed by atoms with van der Waals surface area (Å²) in [6.45, 7) is -0.149. The lowest BCUT2D eigenvalue weighted by Crippen LogP contribution is -2.05. The number of thiazole rings is 1. The number of esters is 1. The molecule has 0 N–H and O–H groups in total. The highest BCUT2D eigenvalue weighted by Crippen LogP contribution is 2.26. The third-order valence-electron chi connectivity index (χ3n) is 3.68. The van der Waals surface area contributed by atoms with Gasteiger partial charge < -0.3 is 9.26 Å². The zero-order chi connectivity index (χ0) is 19.5. The average Bonchev–Trinajstić information content (AvgIpc) is 3.37. The van der Waals surface area contributed by atoms with Gasteiger partial charge in [0, 0.05) is 26.6 Å². The van der Waals surface area contributed by atoms with Gasteiger partial charge in [-0.2, -0.15) is 4.98 Å². The topological polar surface area (TPSA) is 78.1 Å². The third kappa shape index (κ3) is 4.22. The van der Waals surface area contributed by atoms with Crippen LogP contribution in [0.2, 0.25) is 10.0 Å². The Hall–Kier alpha value is -2.74. The van der Waals surface area contributed by atoms with Crippen LogP contribution in [0.15, 0.2) is 58.4 Å². The molecule has 0 amide bonds. The molecule has 0 fully saturated rings. The summed E-state index contributed by atoms with van der Waals surface area (Å²) < 4.78 is 10.3. The number of hydrogen-bond acceptors (Lipinski definition) is 7. The zero-order valence-corrected chi connectivity index (χ0v) is 16.5. The minimum atomic E-state index is -0.573. The van der Waals surface area contributed by atoms with E-state index in [0.29, 0.717) is 20.9 Å². The maximum Gasteiger partial charge on any atom is 0.358 e. The zero-order valence-electron chi connectivity index (χ0n) is 14.1. The van der Waals surface area contributed by atoms with Crippen LogP contribution < -0.4 is 0 Å². The van der Waals surface area contributed by atoms with Gasteiger partial charge in [-0.05, 0) is 36.4 Å². The SMILES string of the molecule is O=C(OCc1nc(-c2ccc(Cl)cc2)no1)c1csc(-c2cccc(Cl)c2)n1. The number of halogens is 2. The van der Waals surface area contributed by atoms with Crippen LogP contribution >= 0.6 is 34.5 Å². The quantitative estimate of drug-likeness (QED) is 0.386. The molecule has 9 heteroatoms. The number of ether oxygens (including phenoxy) is 1. The van der Waals surface area contributed by atoms with Crippen LogP contribution in [0, 0.1) is 0 Å². The van der Waals surface area contributed by atoms with Gasteiger partial charge in [0.1, 0.15) is 5.01 Å². The van der Waals surface area contributed by atoms with Crippen LogP contribution in [0.5, 0.6) is 0 Å². The first-order chi connectivity index (χ1) is 13.6. The van der Waals surface area contributed by atoms with Gasteiger partial charge in [-0.15, -0.1) is 11.3 Å². The first-order valence-corrected chi connectivity index (χ1v) is 9.69. The minimum Gasteiger partial charge on any atom is -0.451 e. The molecule has 0 unspecified atom stereocenters. The highest BCUT2D eigenvalue weighted by molar-refractivity contribution is 7.13. The number of hydrogen-bond donors (Lipinski definition) is 0. The fraction of sp³-hybridized carbons (Fsp3) is 0.0526. The van der Waals surface area contributed by atoms with E-state index in [2.05, 4.69) is 15.1 Å². The molecule has 140 valence electrons. The Bertz CT molecular complexity index is 1130.